The molecule has 2 N–H and O–H groups in total. The molecule has 0 atom stereocenters. The lowest BCUT2D eigenvalue weighted by atomic mass is 10.1. The number of rotatable bonds is 9. The molecule has 0 fully saturated rings. The van der Waals surface area contributed by atoms with Gasteiger partial charge in [-0.05, 0) is 36.8 Å². The fraction of sp³-hybridized carbons (Fsp3) is 0.200. The van der Waals surface area contributed by atoms with E-state index in [0.717, 1.165) is 9.87 Å². The van der Waals surface area contributed by atoms with Crippen LogP contribution in [-0.4, -0.2) is 39.3 Å². The molecule has 0 spiro atoms. The summed E-state index contributed by atoms with van der Waals surface area (Å²) in [4.78, 5) is 25.7. The van der Waals surface area contributed by atoms with Gasteiger partial charge < -0.3 is 20.1 Å². The number of benzene rings is 3. The Balaban J connectivity index is 1.50. The Morgan fingerprint density at radius 3 is 2.43 bits per heavy atom. The molecule has 3 aromatic rings. The first kappa shape index (κ1) is 24.1. The van der Waals surface area contributed by atoms with Gasteiger partial charge in [0.2, 0.25) is 22.7 Å². The highest BCUT2D eigenvalue weighted by atomic mass is 32.2. The van der Waals surface area contributed by atoms with E-state index < -0.39 is 22.5 Å². The summed E-state index contributed by atoms with van der Waals surface area (Å²) in [6, 6.07) is 20.7. The van der Waals surface area contributed by atoms with Crippen molar-refractivity contribution in [2.75, 3.05) is 28.7 Å². The number of anilines is 2. The highest BCUT2D eigenvalue weighted by Crippen LogP contribution is 2.36. The van der Waals surface area contributed by atoms with Crippen LogP contribution in [0.3, 0.4) is 0 Å². The maximum Gasteiger partial charge on any atom is 0.253 e. The van der Waals surface area contributed by atoms with Gasteiger partial charge in [-0.25, -0.2) is 8.42 Å². The van der Waals surface area contributed by atoms with Crippen molar-refractivity contribution in [2.45, 2.75) is 13.5 Å². The van der Waals surface area contributed by atoms with Gasteiger partial charge in [0.1, 0.15) is 6.54 Å². The largest absolute Gasteiger partial charge is 0.454 e. The van der Waals surface area contributed by atoms with Gasteiger partial charge in [0, 0.05) is 12.6 Å². The van der Waals surface area contributed by atoms with Crippen molar-refractivity contribution in [3.8, 4) is 11.5 Å². The molecule has 182 valence electrons. The van der Waals surface area contributed by atoms with Gasteiger partial charge in [0.25, 0.3) is 5.91 Å². The van der Waals surface area contributed by atoms with Gasteiger partial charge >= 0.3 is 0 Å². The minimum atomic E-state index is -3.79. The highest BCUT2D eigenvalue weighted by Gasteiger charge is 2.26. The lowest BCUT2D eigenvalue weighted by molar-refractivity contribution is -0.114. The van der Waals surface area contributed by atoms with E-state index in [1.807, 2.05) is 30.3 Å². The van der Waals surface area contributed by atoms with Gasteiger partial charge in [0.15, 0.2) is 11.5 Å². The summed E-state index contributed by atoms with van der Waals surface area (Å²) in [5, 5.41) is 5.51. The molecule has 10 heteroatoms. The number of carbonyl (C=O) groups is 2. The van der Waals surface area contributed by atoms with E-state index in [0.29, 0.717) is 18.0 Å². The normalized spacial score (nSPS) is 12.1. The van der Waals surface area contributed by atoms with Crippen molar-refractivity contribution in [3.05, 3.63) is 83.9 Å². The number of nitrogens with one attached hydrogen (secondary N) is 2. The van der Waals surface area contributed by atoms with Crippen molar-refractivity contribution >= 4 is 33.2 Å². The second-order valence-corrected chi connectivity index (χ2v) is 9.89. The molecule has 4 rings (SSSR count). The second-order valence-electron chi connectivity index (χ2n) is 7.71. The number of hydrogen-bond acceptors (Lipinski definition) is 6. The van der Waals surface area contributed by atoms with Crippen LogP contribution >= 0.6 is 0 Å². The number of hydrogen-bond donors (Lipinski definition) is 2. The standard InChI is InChI=1S/C25H25N3O6S/c1-2-35(31,32)28(19-12-13-22-23(14-19)34-17-33-22)16-24(29)27-21-11-7-6-10-20(21)25(30)26-15-18-8-4-3-5-9-18/h3-14H,2,15-17H2,1H3,(H,26,30)(H,27,29). The van der Waals surface area contributed by atoms with Gasteiger partial charge in [-0.1, -0.05) is 42.5 Å². The Morgan fingerprint density at radius 2 is 1.66 bits per heavy atom. The van der Waals surface area contributed by atoms with Crippen LogP contribution in [0.25, 0.3) is 0 Å². The average molecular weight is 496 g/mol. The molecule has 0 saturated carbocycles. The van der Waals surface area contributed by atoms with Crippen molar-refractivity contribution in [3.63, 3.8) is 0 Å². The van der Waals surface area contributed by atoms with Crippen molar-refractivity contribution in [1.82, 2.24) is 5.32 Å². The minimum absolute atomic E-state index is 0.0446. The SMILES string of the molecule is CCS(=O)(=O)N(CC(=O)Nc1ccccc1C(=O)NCc1ccccc1)c1ccc2c(c1)OCO2. The molecular weight excluding hydrogens is 470 g/mol. The monoisotopic (exact) mass is 495 g/mol. The quantitative estimate of drug-likeness (QED) is 0.472. The molecule has 0 aliphatic carbocycles. The van der Waals surface area contributed by atoms with E-state index in [1.54, 1.807) is 36.4 Å². The Morgan fingerprint density at radius 1 is 0.943 bits per heavy atom. The zero-order valence-electron chi connectivity index (χ0n) is 19.1. The zero-order chi connectivity index (χ0) is 24.8. The number of ether oxygens (including phenoxy) is 2. The van der Waals surface area contributed by atoms with Crippen LogP contribution in [0.5, 0.6) is 11.5 Å². The number of para-hydroxylation sites is 1. The highest BCUT2D eigenvalue weighted by molar-refractivity contribution is 7.92. The fourth-order valence-electron chi connectivity index (χ4n) is 3.53. The number of fused-ring (bicyclic) bond motifs is 1. The van der Waals surface area contributed by atoms with Gasteiger partial charge in [-0.3, -0.25) is 13.9 Å². The molecule has 1 heterocycles. The molecule has 2 amide bonds. The van der Waals surface area contributed by atoms with E-state index in [2.05, 4.69) is 10.6 Å². The maximum atomic E-state index is 12.9. The van der Waals surface area contributed by atoms with Crippen molar-refractivity contribution in [1.29, 1.82) is 0 Å². The Bertz CT molecular complexity index is 1330. The molecule has 9 nitrogen and oxygen atoms in total. The first-order valence-corrected chi connectivity index (χ1v) is 12.6. The number of carbonyl (C=O) groups excluding carboxylic acids is 2. The van der Waals surface area contributed by atoms with Crippen LogP contribution in [0.2, 0.25) is 0 Å². The predicted molar refractivity (Wildman–Crippen MR) is 132 cm³/mol. The summed E-state index contributed by atoms with van der Waals surface area (Å²) >= 11 is 0. The van der Waals surface area contributed by atoms with E-state index in [-0.39, 0.29) is 35.4 Å². The second kappa shape index (κ2) is 10.5. The molecule has 1 aliphatic heterocycles. The third kappa shape index (κ3) is 5.72. The third-order valence-corrected chi connectivity index (χ3v) is 7.11. The van der Waals surface area contributed by atoms with Crippen LogP contribution < -0.4 is 24.4 Å². The van der Waals surface area contributed by atoms with Gasteiger partial charge in [0.05, 0.1) is 22.7 Å². The van der Waals surface area contributed by atoms with Crippen LogP contribution in [0.1, 0.15) is 22.8 Å². The summed E-state index contributed by atoms with van der Waals surface area (Å²) in [6.07, 6.45) is 0. The van der Waals surface area contributed by atoms with Crippen molar-refractivity contribution in [2.24, 2.45) is 0 Å². The topological polar surface area (TPSA) is 114 Å². The van der Waals surface area contributed by atoms with Crippen molar-refractivity contribution < 1.29 is 27.5 Å². The molecule has 0 unspecified atom stereocenters. The fourth-order valence-corrected chi connectivity index (χ4v) is 4.59. The predicted octanol–water partition coefficient (Wildman–Crippen LogP) is 3.14. The Hall–Kier alpha value is -4.05. The summed E-state index contributed by atoms with van der Waals surface area (Å²) in [6.45, 7) is 1.40. The molecule has 0 aromatic heterocycles. The van der Waals surface area contributed by atoms with Crippen LogP contribution in [0.4, 0.5) is 11.4 Å². The van der Waals surface area contributed by atoms with E-state index in [9.17, 15) is 18.0 Å². The average Bonchev–Trinajstić information content (AvgIpc) is 3.34. The molecule has 3 aromatic carbocycles. The molecule has 0 bridgehead atoms. The first-order valence-electron chi connectivity index (χ1n) is 11.0. The molecular formula is C25H25N3O6S. The van der Waals surface area contributed by atoms with Crippen LogP contribution in [0, 0.1) is 0 Å². The van der Waals surface area contributed by atoms with Crippen LogP contribution in [-0.2, 0) is 21.4 Å². The number of amides is 2. The molecule has 35 heavy (non-hydrogen) atoms. The lowest BCUT2D eigenvalue weighted by Crippen LogP contribution is -2.39. The summed E-state index contributed by atoms with van der Waals surface area (Å²) in [5.41, 5.74) is 1.76. The first-order chi connectivity index (χ1) is 16.9. The smallest absolute Gasteiger partial charge is 0.253 e. The van der Waals surface area contributed by atoms with E-state index >= 15 is 0 Å². The molecule has 0 saturated heterocycles. The van der Waals surface area contributed by atoms with E-state index in [1.165, 1.54) is 13.0 Å². The Labute approximate surface area is 203 Å². The number of nitrogens with zero attached hydrogens (tertiary/aromatic N) is 1. The molecule has 1 aliphatic rings. The van der Waals surface area contributed by atoms with Gasteiger partial charge in [-0.15, -0.1) is 0 Å². The minimum Gasteiger partial charge on any atom is -0.454 e. The summed E-state index contributed by atoms with van der Waals surface area (Å²) in [5.74, 6) is -0.253. The lowest BCUT2D eigenvalue weighted by Gasteiger charge is -2.23. The number of sulfonamides is 1. The summed E-state index contributed by atoms with van der Waals surface area (Å²) in [7, 11) is -3.79. The molecule has 0 radical (unpaired) electrons. The zero-order valence-corrected chi connectivity index (χ0v) is 19.9. The maximum absolute atomic E-state index is 12.9. The third-order valence-electron chi connectivity index (χ3n) is 5.37. The van der Waals surface area contributed by atoms with E-state index in [4.69, 9.17) is 9.47 Å². The van der Waals surface area contributed by atoms with Crippen LogP contribution in [0.15, 0.2) is 72.8 Å². The Kier molecular flexibility index (Phi) is 7.21. The summed E-state index contributed by atoms with van der Waals surface area (Å²) < 4.78 is 37.2. The van der Waals surface area contributed by atoms with Gasteiger partial charge in [-0.2, -0.15) is 0 Å².